The third-order valence-electron chi connectivity index (χ3n) is 13.6. The molecule has 350 valence electrons. The molecule has 0 saturated heterocycles. The fraction of sp³-hybridized carbons (Fsp3) is 0.290. The molecule has 0 aliphatic heterocycles. The maximum atomic E-state index is 7.01. The molecule has 0 spiro atoms. The molecule has 0 saturated carbocycles. The van der Waals surface area contributed by atoms with E-state index in [0.29, 0.717) is 11.5 Å². The molecular weight excluding hydrogens is 1010 g/mol. The molecule has 0 unspecified atom stereocenters. The summed E-state index contributed by atoms with van der Waals surface area (Å²) in [5.41, 5.74) is 11.3. The minimum Gasteiger partial charge on any atom is -0.510 e. The van der Waals surface area contributed by atoms with Crippen LogP contribution < -0.4 is 9.30 Å². The molecule has 3 aromatic heterocycles. The molecule has 0 radical (unpaired) electrons. The predicted molar refractivity (Wildman–Crippen MR) is 276 cm³/mol. The Kier molecular flexibility index (Phi) is 12.7. The van der Waals surface area contributed by atoms with Crippen LogP contribution in [-0.4, -0.2) is 14.1 Å². The number of aromatic nitrogens is 4. The second-order valence-corrected chi connectivity index (χ2v) is 22.3. The Morgan fingerprint density at radius 3 is 1.74 bits per heavy atom. The number of hydrogen-bond acceptors (Lipinski definition) is 2. The molecule has 68 heavy (non-hydrogen) atoms. The van der Waals surface area contributed by atoms with Gasteiger partial charge < -0.3 is 13.9 Å². The van der Waals surface area contributed by atoms with Crippen LogP contribution in [0.15, 0.2) is 152 Å². The van der Waals surface area contributed by atoms with Crippen LogP contribution in [0.3, 0.4) is 0 Å². The summed E-state index contributed by atoms with van der Waals surface area (Å²) in [5.74, 6) is 2.02. The van der Waals surface area contributed by atoms with E-state index in [2.05, 4.69) is 256 Å². The first-order chi connectivity index (χ1) is 31.6. The first kappa shape index (κ1) is 48.4. The van der Waals surface area contributed by atoms with Gasteiger partial charge in [0.15, 0.2) is 0 Å². The summed E-state index contributed by atoms with van der Waals surface area (Å²) in [6.45, 7) is 29.6. The van der Waals surface area contributed by atoms with Crippen LogP contribution >= 0.6 is 0 Å². The minimum absolute atomic E-state index is 0. The SMILES string of the molecule is CC(C)(C)c1cc(-[n+]2[c-]n(-c3[c-]c(Oc4[c-]c5c(c(C(C)(C)c6ccccc6)c4)c4ccccc4n5-c4cc(C(C)(C)C)ccn4)ccc3)c(C(C)(C)c3ccccc3)c2)cc(C(C)(C)C)c1.[Pt]. The largest absolute Gasteiger partial charge is 0.510 e. The van der Waals surface area contributed by atoms with E-state index >= 15 is 0 Å². The molecule has 5 nitrogen and oxygen atoms in total. The maximum absolute atomic E-state index is 7.01. The Morgan fingerprint density at radius 1 is 0.529 bits per heavy atom. The van der Waals surface area contributed by atoms with Gasteiger partial charge in [-0.05, 0) is 90.9 Å². The predicted octanol–water partition coefficient (Wildman–Crippen LogP) is 15.0. The molecule has 3 heterocycles. The van der Waals surface area contributed by atoms with E-state index in [0.717, 1.165) is 50.3 Å². The van der Waals surface area contributed by atoms with Crippen molar-refractivity contribution in [3.63, 3.8) is 0 Å². The smallest absolute Gasteiger partial charge is 0.267 e. The van der Waals surface area contributed by atoms with Gasteiger partial charge in [0, 0.05) is 55.9 Å². The molecule has 9 rings (SSSR count). The Bertz CT molecular complexity index is 3230. The van der Waals surface area contributed by atoms with E-state index in [1.54, 1.807) is 0 Å². The van der Waals surface area contributed by atoms with Crippen molar-refractivity contribution in [2.24, 2.45) is 0 Å². The van der Waals surface area contributed by atoms with Crippen molar-refractivity contribution < 1.29 is 30.4 Å². The maximum Gasteiger partial charge on any atom is 0.267 e. The second-order valence-electron chi connectivity index (χ2n) is 22.3. The second kappa shape index (κ2) is 17.8. The van der Waals surface area contributed by atoms with Crippen molar-refractivity contribution in [2.75, 3.05) is 0 Å². The normalized spacial score (nSPS) is 12.7. The monoisotopic (exact) mass is 1080 g/mol. The molecule has 6 aromatic carbocycles. The zero-order chi connectivity index (χ0) is 47.7. The summed E-state index contributed by atoms with van der Waals surface area (Å²) in [5, 5.41) is 2.27. The molecular formula is C62H64N4OPt-2. The third-order valence-corrected chi connectivity index (χ3v) is 13.6. The average molecular weight is 1080 g/mol. The molecule has 6 heteroatoms. The van der Waals surface area contributed by atoms with Crippen molar-refractivity contribution in [3.8, 4) is 28.7 Å². The van der Waals surface area contributed by atoms with Crippen molar-refractivity contribution in [3.05, 3.63) is 209 Å². The first-order valence-corrected chi connectivity index (χ1v) is 23.6. The van der Waals surface area contributed by atoms with Crippen LogP contribution in [0.25, 0.3) is 39.0 Å². The van der Waals surface area contributed by atoms with Crippen molar-refractivity contribution in [1.29, 1.82) is 0 Å². The summed E-state index contributed by atoms with van der Waals surface area (Å²) in [6, 6.07) is 57.2. The summed E-state index contributed by atoms with van der Waals surface area (Å²) < 4.78 is 13.6. The number of imidazole rings is 1. The Morgan fingerprint density at radius 2 is 1.12 bits per heavy atom. The van der Waals surface area contributed by atoms with Gasteiger partial charge in [0.2, 0.25) is 0 Å². The van der Waals surface area contributed by atoms with E-state index in [-0.39, 0.29) is 37.3 Å². The Labute approximate surface area is 419 Å². The molecule has 0 aliphatic rings. The van der Waals surface area contributed by atoms with E-state index in [9.17, 15) is 0 Å². The van der Waals surface area contributed by atoms with Gasteiger partial charge in [-0.15, -0.1) is 29.8 Å². The molecule has 0 bridgehead atoms. The minimum atomic E-state index is -0.406. The number of fused-ring (bicyclic) bond motifs is 3. The summed E-state index contributed by atoms with van der Waals surface area (Å²) in [6.07, 6.45) is 7.96. The van der Waals surface area contributed by atoms with Crippen molar-refractivity contribution in [2.45, 2.75) is 117 Å². The van der Waals surface area contributed by atoms with E-state index in [1.807, 2.05) is 18.3 Å². The number of benzene rings is 6. The van der Waals surface area contributed by atoms with Gasteiger partial charge >= 0.3 is 0 Å². The van der Waals surface area contributed by atoms with Gasteiger partial charge in [0.1, 0.15) is 5.82 Å². The molecule has 0 amide bonds. The first-order valence-electron chi connectivity index (χ1n) is 23.6. The standard InChI is InChI=1S/C62H64N4O.Pt/c1-58(2,3)44-31-32-63-56(36-44)66-53-30-21-20-29-51(53)57-52(61(10,11)42-23-16-14-17-24-42)38-50(39-54(57)66)67-49-28-22-27-47(37-49)65-41-64(40-55(65)62(12,13)43-25-18-15-19-26-43)48-34-45(59(4,5)6)33-46(35-48)60(7,8)9;/h14-36,38,40H,1-13H3;/q-2;. The number of para-hydroxylation sites is 1. The number of rotatable bonds is 9. The number of pyridine rings is 1. The Balaban J connectivity index is 0.00000625. The van der Waals surface area contributed by atoms with Gasteiger partial charge in [-0.3, -0.25) is 4.57 Å². The van der Waals surface area contributed by atoms with Gasteiger partial charge in [0.05, 0.1) is 11.4 Å². The van der Waals surface area contributed by atoms with Crippen LogP contribution in [0.2, 0.25) is 0 Å². The van der Waals surface area contributed by atoms with E-state index in [1.165, 1.54) is 27.8 Å². The summed E-state index contributed by atoms with van der Waals surface area (Å²) in [4.78, 5) is 5.00. The van der Waals surface area contributed by atoms with Crippen LogP contribution in [0, 0.1) is 18.5 Å². The van der Waals surface area contributed by atoms with Crippen LogP contribution in [0.1, 0.15) is 129 Å². The molecule has 0 atom stereocenters. The van der Waals surface area contributed by atoms with Crippen LogP contribution in [0.4, 0.5) is 0 Å². The van der Waals surface area contributed by atoms with Crippen LogP contribution in [0.5, 0.6) is 11.5 Å². The van der Waals surface area contributed by atoms with E-state index in [4.69, 9.17) is 9.72 Å². The summed E-state index contributed by atoms with van der Waals surface area (Å²) in [7, 11) is 0. The quantitative estimate of drug-likeness (QED) is 0.107. The zero-order valence-corrected chi connectivity index (χ0v) is 44.2. The van der Waals surface area contributed by atoms with Gasteiger partial charge in [-0.25, -0.2) is 4.98 Å². The molecule has 9 aromatic rings. The molecule has 0 N–H and O–H groups in total. The molecule has 0 fully saturated rings. The van der Waals surface area contributed by atoms with Gasteiger partial charge in [-0.2, -0.15) is 12.1 Å². The fourth-order valence-corrected chi connectivity index (χ4v) is 9.28. The summed E-state index contributed by atoms with van der Waals surface area (Å²) >= 11 is 0. The Hall–Kier alpha value is -6.03. The van der Waals surface area contributed by atoms with Crippen LogP contribution in [-0.2, 0) is 48.1 Å². The zero-order valence-electron chi connectivity index (χ0n) is 41.9. The molecule has 0 aliphatic carbocycles. The van der Waals surface area contributed by atoms with Crippen molar-refractivity contribution >= 4 is 21.8 Å². The average Bonchev–Trinajstić information content (AvgIpc) is 3.90. The third kappa shape index (κ3) is 9.15. The number of hydrogen-bond donors (Lipinski definition) is 0. The number of ether oxygens (including phenoxy) is 1. The van der Waals surface area contributed by atoms with Gasteiger partial charge in [0.25, 0.3) is 6.33 Å². The number of nitrogens with zero attached hydrogens (tertiary/aromatic N) is 4. The fourth-order valence-electron chi connectivity index (χ4n) is 9.28. The topological polar surface area (TPSA) is 35.9 Å². The van der Waals surface area contributed by atoms with Gasteiger partial charge in [-0.1, -0.05) is 186 Å². The van der Waals surface area contributed by atoms with Crippen molar-refractivity contribution in [1.82, 2.24) is 14.1 Å². The van der Waals surface area contributed by atoms with E-state index < -0.39 is 10.8 Å².